The van der Waals surface area contributed by atoms with E-state index in [9.17, 15) is 9.59 Å². The van der Waals surface area contributed by atoms with Crippen molar-refractivity contribution in [3.63, 3.8) is 0 Å². The van der Waals surface area contributed by atoms with Gasteiger partial charge in [-0.3, -0.25) is 9.59 Å². The molecule has 2 aromatic carbocycles. The highest BCUT2D eigenvalue weighted by atomic mass is 16.2. The second-order valence-corrected chi connectivity index (χ2v) is 7.93. The highest BCUT2D eigenvalue weighted by Gasteiger charge is 2.29. The van der Waals surface area contributed by atoms with E-state index in [1.807, 2.05) is 36.4 Å². The molecule has 8 nitrogen and oxygen atoms in total. The minimum absolute atomic E-state index is 0.0328. The SMILES string of the molecule is CN(C)C(=O)c1ccc2c(c1)CCc1cc(C(=O)N(C)C)ccc1C2c1nn[nH]n1. The Hall–Kier alpha value is -3.55. The normalized spacial score (nSPS) is 13.2. The van der Waals surface area contributed by atoms with Crippen LogP contribution < -0.4 is 0 Å². The molecule has 0 saturated heterocycles. The van der Waals surface area contributed by atoms with Gasteiger partial charge in [0.25, 0.3) is 11.8 Å². The fraction of sp³-hybridized carbons (Fsp3) is 0.318. The molecule has 8 heteroatoms. The first-order valence-corrected chi connectivity index (χ1v) is 9.79. The van der Waals surface area contributed by atoms with E-state index in [0.717, 1.165) is 35.1 Å². The molecule has 0 atom stereocenters. The van der Waals surface area contributed by atoms with E-state index < -0.39 is 0 Å². The molecule has 0 unspecified atom stereocenters. The second kappa shape index (κ2) is 7.70. The first kappa shape index (κ1) is 19.8. The maximum Gasteiger partial charge on any atom is 0.253 e. The van der Waals surface area contributed by atoms with E-state index >= 15 is 0 Å². The topological polar surface area (TPSA) is 95.1 Å². The number of amides is 2. The van der Waals surface area contributed by atoms with Crippen molar-refractivity contribution in [2.75, 3.05) is 28.2 Å². The Labute approximate surface area is 174 Å². The molecule has 0 aliphatic heterocycles. The summed E-state index contributed by atoms with van der Waals surface area (Å²) in [5.41, 5.74) is 5.57. The predicted octanol–water partition coefficient (Wildman–Crippen LogP) is 1.88. The number of aryl methyl sites for hydroxylation is 2. The molecular weight excluding hydrogens is 380 g/mol. The lowest BCUT2D eigenvalue weighted by atomic mass is 9.86. The van der Waals surface area contributed by atoms with Crippen LogP contribution in [0.4, 0.5) is 0 Å². The minimum atomic E-state index is -0.219. The van der Waals surface area contributed by atoms with Crippen LogP contribution in [0.3, 0.4) is 0 Å². The molecular formula is C22H24N6O2. The van der Waals surface area contributed by atoms with Crippen LogP contribution in [0.5, 0.6) is 0 Å². The number of aromatic nitrogens is 4. The zero-order valence-electron chi connectivity index (χ0n) is 17.5. The van der Waals surface area contributed by atoms with Gasteiger partial charge in [0.2, 0.25) is 0 Å². The number of nitrogens with zero attached hydrogens (tertiary/aromatic N) is 5. The summed E-state index contributed by atoms with van der Waals surface area (Å²) in [7, 11) is 6.98. The van der Waals surface area contributed by atoms with Crippen molar-refractivity contribution in [1.29, 1.82) is 0 Å². The van der Waals surface area contributed by atoms with Gasteiger partial charge in [-0.25, -0.2) is 0 Å². The number of carbonyl (C=O) groups excluding carboxylic acids is 2. The van der Waals surface area contributed by atoms with Gasteiger partial charge in [-0.1, -0.05) is 17.3 Å². The van der Waals surface area contributed by atoms with Gasteiger partial charge in [-0.2, -0.15) is 5.21 Å². The summed E-state index contributed by atoms with van der Waals surface area (Å²) in [6.07, 6.45) is 1.51. The van der Waals surface area contributed by atoms with Crippen molar-refractivity contribution in [2.24, 2.45) is 0 Å². The number of carbonyl (C=O) groups is 2. The predicted molar refractivity (Wildman–Crippen MR) is 111 cm³/mol. The van der Waals surface area contributed by atoms with Crippen LogP contribution in [0, 0.1) is 0 Å². The first-order chi connectivity index (χ1) is 14.4. The van der Waals surface area contributed by atoms with E-state index in [4.69, 9.17) is 0 Å². The summed E-state index contributed by atoms with van der Waals surface area (Å²) >= 11 is 0. The van der Waals surface area contributed by atoms with Crippen molar-refractivity contribution in [3.05, 3.63) is 75.6 Å². The Morgan fingerprint density at radius 1 is 0.867 bits per heavy atom. The molecule has 154 valence electrons. The van der Waals surface area contributed by atoms with Gasteiger partial charge in [0.05, 0.1) is 5.92 Å². The number of H-pyrrole nitrogens is 1. The van der Waals surface area contributed by atoms with Crippen molar-refractivity contribution >= 4 is 11.8 Å². The number of tetrazole rings is 1. The number of hydrogen-bond donors (Lipinski definition) is 1. The molecule has 1 aliphatic carbocycles. The van der Waals surface area contributed by atoms with Gasteiger partial charge in [-0.15, -0.1) is 10.2 Å². The number of fused-ring (bicyclic) bond motifs is 2. The summed E-state index contributed by atoms with van der Waals surface area (Å²) < 4.78 is 0. The van der Waals surface area contributed by atoms with Gasteiger partial charge < -0.3 is 9.80 Å². The van der Waals surface area contributed by atoms with Gasteiger partial charge in [0, 0.05) is 39.3 Å². The monoisotopic (exact) mass is 404 g/mol. The number of hydrogen-bond acceptors (Lipinski definition) is 5. The third-order valence-electron chi connectivity index (χ3n) is 5.50. The molecule has 4 rings (SSSR count). The molecule has 0 saturated carbocycles. The smallest absolute Gasteiger partial charge is 0.253 e. The third kappa shape index (κ3) is 3.45. The molecule has 2 amide bonds. The number of nitrogens with one attached hydrogen (secondary N) is 1. The fourth-order valence-corrected chi connectivity index (χ4v) is 4.00. The van der Waals surface area contributed by atoms with Crippen molar-refractivity contribution in [2.45, 2.75) is 18.8 Å². The summed E-state index contributed by atoms with van der Waals surface area (Å²) in [6, 6.07) is 11.6. The Morgan fingerprint density at radius 3 is 1.77 bits per heavy atom. The van der Waals surface area contributed by atoms with Crippen molar-refractivity contribution in [1.82, 2.24) is 30.4 Å². The molecule has 30 heavy (non-hydrogen) atoms. The molecule has 0 radical (unpaired) electrons. The number of benzene rings is 2. The highest BCUT2D eigenvalue weighted by molar-refractivity contribution is 5.95. The Kier molecular flexibility index (Phi) is 5.07. The molecule has 0 bridgehead atoms. The van der Waals surface area contributed by atoms with E-state index in [1.165, 1.54) is 0 Å². The second-order valence-electron chi connectivity index (χ2n) is 7.93. The third-order valence-corrected chi connectivity index (χ3v) is 5.50. The summed E-state index contributed by atoms with van der Waals surface area (Å²) in [6.45, 7) is 0. The van der Waals surface area contributed by atoms with Gasteiger partial charge >= 0.3 is 0 Å². The highest BCUT2D eigenvalue weighted by Crippen LogP contribution is 2.38. The summed E-state index contributed by atoms with van der Waals surface area (Å²) in [5, 5.41) is 14.8. The number of rotatable bonds is 3. The zero-order valence-corrected chi connectivity index (χ0v) is 17.5. The molecule has 0 spiro atoms. The number of aromatic amines is 1. The van der Waals surface area contributed by atoms with Crippen LogP contribution in [0.2, 0.25) is 0 Å². The van der Waals surface area contributed by atoms with E-state index in [2.05, 4.69) is 20.6 Å². The average molecular weight is 404 g/mol. The standard InChI is InChI=1S/C22H24N6O2/c1-27(2)21(29)15-7-9-17-13(11-15)5-6-14-12-16(22(30)28(3)4)8-10-18(14)19(17)20-23-25-26-24-20/h7-12,19H,5-6H2,1-4H3,(H,23,24,25,26). The lowest BCUT2D eigenvalue weighted by molar-refractivity contribution is 0.0820. The zero-order chi connectivity index (χ0) is 21.4. The Morgan fingerprint density at radius 2 is 1.37 bits per heavy atom. The average Bonchev–Trinajstić information content (AvgIpc) is 3.21. The van der Waals surface area contributed by atoms with E-state index in [-0.39, 0.29) is 17.7 Å². The summed E-state index contributed by atoms with van der Waals surface area (Å²) in [5.74, 6) is 0.283. The fourth-order valence-electron chi connectivity index (χ4n) is 4.00. The largest absolute Gasteiger partial charge is 0.345 e. The van der Waals surface area contributed by atoms with Crippen LogP contribution in [0.15, 0.2) is 36.4 Å². The van der Waals surface area contributed by atoms with E-state index in [1.54, 1.807) is 38.0 Å². The van der Waals surface area contributed by atoms with Crippen molar-refractivity contribution in [3.8, 4) is 0 Å². The first-order valence-electron chi connectivity index (χ1n) is 9.79. The summed E-state index contributed by atoms with van der Waals surface area (Å²) in [4.78, 5) is 28.1. The van der Waals surface area contributed by atoms with Crippen LogP contribution in [-0.2, 0) is 12.8 Å². The quantitative estimate of drug-likeness (QED) is 0.719. The maximum absolute atomic E-state index is 12.5. The maximum atomic E-state index is 12.5. The van der Waals surface area contributed by atoms with Crippen molar-refractivity contribution < 1.29 is 9.59 Å². The molecule has 1 aliphatic rings. The van der Waals surface area contributed by atoms with E-state index in [0.29, 0.717) is 17.0 Å². The van der Waals surface area contributed by atoms with Crippen LogP contribution >= 0.6 is 0 Å². The molecule has 1 N–H and O–H groups in total. The molecule has 1 heterocycles. The van der Waals surface area contributed by atoms with Gasteiger partial charge in [-0.05, 0) is 59.4 Å². The molecule has 1 aromatic heterocycles. The van der Waals surface area contributed by atoms with Crippen LogP contribution in [0.25, 0.3) is 0 Å². The minimum Gasteiger partial charge on any atom is -0.345 e. The van der Waals surface area contributed by atoms with Crippen LogP contribution in [-0.4, -0.2) is 70.4 Å². The molecule has 0 fully saturated rings. The Balaban J connectivity index is 1.85. The molecule has 3 aromatic rings. The van der Waals surface area contributed by atoms with Gasteiger partial charge in [0.15, 0.2) is 5.82 Å². The Bertz CT molecular complexity index is 1030. The lowest BCUT2D eigenvalue weighted by Crippen LogP contribution is -2.22. The van der Waals surface area contributed by atoms with Gasteiger partial charge in [0.1, 0.15) is 0 Å². The lowest BCUT2D eigenvalue weighted by Gasteiger charge is -2.19. The van der Waals surface area contributed by atoms with Crippen LogP contribution in [0.1, 0.15) is 54.7 Å².